The van der Waals surface area contributed by atoms with E-state index in [2.05, 4.69) is 27.4 Å². The topological polar surface area (TPSA) is 96.4 Å². The molecule has 1 aliphatic heterocycles. The highest BCUT2D eigenvalue weighted by Crippen LogP contribution is 2.35. The molecule has 4 rings (SSSR count). The maximum Gasteiger partial charge on any atom is 0.135 e. The Balaban J connectivity index is 1.73. The number of fused-ring (bicyclic) bond motifs is 1. The molecule has 0 bridgehead atoms. The van der Waals surface area contributed by atoms with Crippen LogP contribution in [0.1, 0.15) is 30.0 Å². The number of aliphatic imine (C=N–C) groups is 1. The van der Waals surface area contributed by atoms with Crippen LogP contribution in [0.3, 0.4) is 0 Å². The Kier molecular flexibility index (Phi) is 4.73. The second kappa shape index (κ2) is 7.32. The molecule has 0 unspecified atom stereocenters. The van der Waals surface area contributed by atoms with E-state index in [1.165, 1.54) is 0 Å². The van der Waals surface area contributed by atoms with E-state index >= 15 is 0 Å². The lowest BCUT2D eigenvalue weighted by molar-refractivity contribution is 0.454. The smallest absolute Gasteiger partial charge is 0.135 e. The van der Waals surface area contributed by atoms with Gasteiger partial charge in [0.1, 0.15) is 5.75 Å². The molecule has 0 radical (unpaired) electrons. The molecule has 2 aromatic heterocycles. The first kappa shape index (κ1) is 17.4. The van der Waals surface area contributed by atoms with E-state index in [0.717, 1.165) is 42.5 Å². The van der Waals surface area contributed by atoms with Gasteiger partial charge in [-0.2, -0.15) is 0 Å². The van der Waals surface area contributed by atoms with Gasteiger partial charge in [-0.05, 0) is 50.2 Å². The van der Waals surface area contributed by atoms with Crippen LogP contribution in [-0.4, -0.2) is 41.4 Å². The van der Waals surface area contributed by atoms with Gasteiger partial charge in [-0.3, -0.25) is 15.0 Å². The van der Waals surface area contributed by atoms with Crippen LogP contribution in [0.25, 0.3) is 22.2 Å². The number of benzene rings is 1. The Morgan fingerprint density at radius 2 is 2.04 bits per heavy atom. The molecule has 1 fully saturated rings. The summed E-state index contributed by atoms with van der Waals surface area (Å²) in [5.41, 5.74) is 10.3. The molecule has 0 atom stereocenters. The Morgan fingerprint density at radius 1 is 1.22 bits per heavy atom. The number of nitrogens with one attached hydrogen (secondary N) is 1. The lowest BCUT2D eigenvalue weighted by atomic mass is 9.94. The van der Waals surface area contributed by atoms with E-state index in [9.17, 15) is 5.11 Å². The molecule has 1 saturated heterocycles. The molecule has 1 aliphatic rings. The molecule has 138 valence electrons. The fraction of sp³-hybridized carbons (Fsp3) is 0.286. The highest BCUT2D eigenvalue weighted by Gasteiger charge is 2.17. The van der Waals surface area contributed by atoms with Gasteiger partial charge in [-0.25, -0.2) is 0 Å². The zero-order valence-corrected chi connectivity index (χ0v) is 15.3. The van der Waals surface area contributed by atoms with Gasteiger partial charge in [0.25, 0.3) is 0 Å². The number of nitrogens with zero attached hydrogens (tertiary/aromatic N) is 3. The first-order valence-corrected chi connectivity index (χ1v) is 9.19. The van der Waals surface area contributed by atoms with E-state index in [1.54, 1.807) is 31.6 Å². The summed E-state index contributed by atoms with van der Waals surface area (Å²) in [6.07, 6.45) is 5.57. The van der Waals surface area contributed by atoms with Crippen LogP contribution in [0.4, 0.5) is 5.69 Å². The van der Waals surface area contributed by atoms with Crippen LogP contribution in [0.15, 0.2) is 41.5 Å². The lowest BCUT2D eigenvalue weighted by Crippen LogP contribution is -2.27. The quantitative estimate of drug-likeness (QED) is 0.492. The summed E-state index contributed by atoms with van der Waals surface area (Å²) in [6, 6.07) is 9.69. The van der Waals surface area contributed by atoms with Crippen molar-refractivity contribution in [1.82, 2.24) is 15.3 Å². The Bertz CT molecular complexity index is 1010. The molecule has 0 amide bonds. The van der Waals surface area contributed by atoms with Gasteiger partial charge in [0.05, 0.1) is 23.0 Å². The molecule has 3 heterocycles. The van der Waals surface area contributed by atoms with Crippen LogP contribution >= 0.6 is 0 Å². The maximum absolute atomic E-state index is 10.6. The third-order valence-corrected chi connectivity index (χ3v) is 5.14. The van der Waals surface area contributed by atoms with Crippen molar-refractivity contribution in [2.45, 2.75) is 18.8 Å². The SMILES string of the molecule is CN=Cc1c(N)ccc(-c2cc3ccc(C4CCNCC4)nc3cn2)c1O. The Labute approximate surface area is 158 Å². The van der Waals surface area contributed by atoms with E-state index in [0.29, 0.717) is 28.4 Å². The van der Waals surface area contributed by atoms with Gasteiger partial charge in [-0.15, -0.1) is 0 Å². The number of nitrogens with two attached hydrogens (primary N) is 1. The average molecular weight is 361 g/mol. The van der Waals surface area contributed by atoms with Crippen LogP contribution in [0.2, 0.25) is 0 Å². The van der Waals surface area contributed by atoms with Crippen molar-refractivity contribution in [3.63, 3.8) is 0 Å². The number of rotatable bonds is 3. The summed E-state index contributed by atoms with van der Waals surface area (Å²) < 4.78 is 0. The van der Waals surface area contributed by atoms with Crippen molar-refractivity contribution in [1.29, 1.82) is 0 Å². The van der Waals surface area contributed by atoms with Crippen molar-refractivity contribution in [2.24, 2.45) is 4.99 Å². The minimum atomic E-state index is 0.0896. The first-order chi connectivity index (χ1) is 13.2. The number of phenols is 1. The third-order valence-electron chi connectivity index (χ3n) is 5.14. The van der Waals surface area contributed by atoms with Gasteiger partial charge < -0.3 is 16.2 Å². The second-order valence-corrected chi connectivity index (χ2v) is 6.87. The Morgan fingerprint density at radius 3 is 2.81 bits per heavy atom. The van der Waals surface area contributed by atoms with Crippen molar-refractivity contribution in [2.75, 3.05) is 25.9 Å². The molecule has 3 aromatic rings. The second-order valence-electron chi connectivity index (χ2n) is 6.87. The van der Waals surface area contributed by atoms with Gasteiger partial charge in [-0.1, -0.05) is 6.07 Å². The molecule has 0 aliphatic carbocycles. The normalized spacial score (nSPS) is 15.6. The summed E-state index contributed by atoms with van der Waals surface area (Å²) in [7, 11) is 1.64. The van der Waals surface area contributed by atoms with E-state index < -0.39 is 0 Å². The number of phenolic OH excluding ortho intramolecular Hbond substituents is 1. The van der Waals surface area contributed by atoms with Crippen LogP contribution in [0.5, 0.6) is 5.75 Å². The number of hydrogen-bond acceptors (Lipinski definition) is 6. The first-order valence-electron chi connectivity index (χ1n) is 9.19. The number of piperidine rings is 1. The Hall–Kier alpha value is -2.99. The van der Waals surface area contributed by atoms with Gasteiger partial charge in [0.2, 0.25) is 0 Å². The molecule has 0 spiro atoms. The predicted molar refractivity (Wildman–Crippen MR) is 109 cm³/mol. The minimum absolute atomic E-state index is 0.0896. The number of aromatic nitrogens is 2. The van der Waals surface area contributed by atoms with Gasteiger partial charge in [0, 0.05) is 41.5 Å². The van der Waals surface area contributed by atoms with E-state index in [1.807, 2.05) is 6.07 Å². The van der Waals surface area contributed by atoms with Gasteiger partial charge in [0.15, 0.2) is 0 Å². The lowest BCUT2D eigenvalue weighted by Gasteiger charge is -2.22. The van der Waals surface area contributed by atoms with E-state index in [-0.39, 0.29) is 5.75 Å². The number of pyridine rings is 2. The summed E-state index contributed by atoms with van der Waals surface area (Å²) in [5.74, 6) is 0.596. The average Bonchev–Trinajstić information content (AvgIpc) is 2.71. The van der Waals surface area contributed by atoms with Gasteiger partial charge >= 0.3 is 0 Å². The van der Waals surface area contributed by atoms with Crippen molar-refractivity contribution >= 4 is 22.8 Å². The summed E-state index contributed by atoms with van der Waals surface area (Å²) in [5, 5.41) is 15.0. The number of anilines is 1. The highest BCUT2D eigenvalue weighted by molar-refractivity contribution is 5.95. The molecule has 27 heavy (non-hydrogen) atoms. The molecule has 0 saturated carbocycles. The number of nitrogen functional groups attached to an aromatic ring is 1. The highest BCUT2D eigenvalue weighted by atomic mass is 16.3. The van der Waals surface area contributed by atoms with Crippen LogP contribution in [0, 0.1) is 0 Å². The number of hydrogen-bond donors (Lipinski definition) is 3. The van der Waals surface area contributed by atoms with Crippen molar-refractivity contribution < 1.29 is 5.11 Å². The van der Waals surface area contributed by atoms with Crippen LogP contribution in [-0.2, 0) is 0 Å². The molecular formula is C21H23N5O. The third kappa shape index (κ3) is 3.36. The monoisotopic (exact) mass is 361 g/mol. The fourth-order valence-corrected chi connectivity index (χ4v) is 3.63. The molecule has 4 N–H and O–H groups in total. The predicted octanol–water partition coefficient (Wildman–Crippen LogP) is 3.10. The molecular weight excluding hydrogens is 338 g/mol. The van der Waals surface area contributed by atoms with Crippen molar-refractivity contribution in [3.8, 4) is 17.0 Å². The standard InChI is InChI=1S/C21H23N5O/c1-23-11-16-17(22)4-3-15(21(16)27)19-10-14-2-5-18(26-20(14)12-25-19)13-6-8-24-9-7-13/h2-5,10-13,24,27H,6-9,22H2,1H3. The van der Waals surface area contributed by atoms with Crippen LogP contribution < -0.4 is 11.1 Å². The minimum Gasteiger partial charge on any atom is -0.506 e. The van der Waals surface area contributed by atoms with Crippen molar-refractivity contribution in [3.05, 3.63) is 47.8 Å². The van der Waals surface area contributed by atoms with E-state index in [4.69, 9.17) is 10.7 Å². The summed E-state index contributed by atoms with van der Waals surface area (Å²) in [6.45, 7) is 2.09. The maximum atomic E-state index is 10.6. The summed E-state index contributed by atoms with van der Waals surface area (Å²) in [4.78, 5) is 13.3. The zero-order chi connectivity index (χ0) is 18.8. The summed E-state index contributed by atoms with van der Waals surface area (Å²) >= 11 is 0. The zero-order valence-electron chi connectivity index (χ0n) is 15.3. The molecule has 6 heteroatoms. The largest absolute Gasteiger partial charge is 0.506 e. The molecule has 1 aromatic carbocycles. The number of aromatic hydroxyl groups is 1. The fourth-order valence-electron chi connectivity index (χ4n) is 3.63. The molecule has 6 nitrogen and oxygen atoms in total.